The maximum atomic E-state index is 5.88. The van der Waals surface area contributed by atoms with Gasteiger partial charge in [0.25, 0.3) is 0 Å². The number of quaternary nitrogens is 1. The topological polar surface area (TPSA) is 22.9 Å². The normalized spacial score (nSPS) is 21.7. The van der Waals surface area contributed by atoms with Crippen molar-refractivity contribution in [3.63, 3.8) is 0 Å². The number of benzene rings is 1. The zero-order valence-electron chi connectivity index (χ0n) is 16.3. The third-order valence-corrected chi connectivity index (χ3v) is 5.11. The molecule has 3 nitrogen and oxygen atoms in total. The van der Waals surface area contributed by atoms with Gasteiger partial charge in [0.15, 0.2) is 0 Å². The Kier molecular flexibility index (Phi) is 7.12. The predicted octanol–water partition coefficient (Wildman–Crippen LogP) is 3.00. The fraction of sp³-hybridized carbons (Fsp3) is 0.714. The summed E-state index contributed by atoms with van der Waals surface area (Å²) >= 11 is 0. The highest BCUT2D eigenvalue weighted by Gasteiger charge is 2.18. The van der Waals surface area contributed by atoms with E-state index < -0.39 is 0 Å². The first-order valence-electron chi connectivity index (χ1n) is 9.51. The third-order valence-electron chi connectivity index (χ3n) is 5.11. The molecule has 0 aliphatic carbocycles. The SMILES string of the molecule is Cc1cc(C(C)(C)C)ccc1OCCOCC[NH+]1CCC(C)CC1. The van der Waals surface area contributed by atoms with E-state index >= 15 is 0 Å². The Morgan fingerprint density at radius 1 is 1.08 bits per heavy atom. The third kappa shape index (κ3) is 6.10. The molecule has 0 aromatic heterocycles. The predicted molar refractivity (Wildman–Crippen MR) is 100 cm³/mol. The van der Waals surface area contributed by atoms with E-state index in [-0.39, 0.29) is 5.41 Å². The van der Waals surface area contributed by atoms with E-state index in [2.05, 4.69) is 52.8 Å². The van der Waals surface area contributed by atoms with Crippen molar-refractivity contribution >= 4 is 0 Å². The average molecular weight is 335 g/mol. The van der Waals surface area contributed by atoms with Gasteiger partial charge in [-0.05, 0) is 48.3 Å². The zero-order chi connectivity index (χ0) is 17.6. The summed E-state index contributed by atoms with van der Waals surface area (Å²) < 4.78 is 11.6. The van der Waals surface area contributed by atoms with Crippen LogP contribution in [0.15, 0.2) is 18.2 Å². The molecule has 2 rings (SSSR count). The first kappa shape index (κ1) is 19.3. The highest BCUT2D eigenvalue weighted by Crippen LogP contribution is 2.27. The van der Waals surface area contributed by atoms with Crippen LogP contribution in [0.2, 0.25) is 0 Å². The number of likely N-dealkylation sites (tertiary alicyclic amines) is 1. The second kappa shape index (κ2) is 8.87. The van der Waals surface area contributed by atoms with Crippen molar-refractivity contribution in [3.05, 3.63) is 29.3 Å². The number of nitrogens with one attached hydrogen (secondary N) is 1. The summed E-state index contributed by atoms with van der Waals surface area (Å²) in [6.07, 6.45) is 2.73. The lowest BCUT2D eigenvalue weighted by atomic mass is 9.86. The molecule has 1 aromatic rings. The lowest BCUT2D eigenvalue weighted by molar-refractivity contribution is -0.906. The molecular weight excluding hydrogens is 298 g/mol. The number of hydrogen-bond acceptors (Lipinski definition) is 2. The summed E-state index contributed by atoms with van der Waals surface area (Å²) in [7, 11) is 0. The molecule has 136 valence electrons. The smallest absolute Gasteiger partial charge is 0.122 e. The summed E-state index contributed by atoms with van der Waals surface area (Å²) in [6.45, 7) is 17.1. The van der Waals surface area contributed by atoms with Crippen LogP contribution in [0.1, 0.15) is 51.7 Å². The molecule has 0 atom stereocenters. The first-order valence-corrected chi connectivity index (χ1v) is 9.51. The molecule has 0 unspecified atom stereocenters. The van der Waals surface area contributed by atoms with E-state index in [0.717, 1.165) is 24.8 Å². The zero-order valence-corrected chi connectivity index (χ0v) is 16.3. The summed E-state index contributed by atoms with van der Waals surface area (Å²) in [4.78, 5) is 1.70. The lowest BCUT2D eigenvalue weighted by Crippen LogP contribution is -3.13. The Morgan fingerprint density at radius 2 is 1.79 bits per heavy atom. The largest absolute Gasteiger partial charge is 0.491 e. The van der Waals surface area contributed by atoms with Crippen LogP contribution in [-0.2, 0) is 10.2 Å². The molecule has 1 fully saturated rings. The molecule has 1 saturated heterocycles. The Bertz CT molecular complexity index is 499. The molecule has 24 heavy (non-hydrogen) atoms. The Labute approximate surface area is 148 Å². The molecule has 1 N–H and O–H groups in total. The Morgan fingerprint density at radius 3 is 2.42 bits per heavy atom. The number of piperidine rings is 1. The molecule has 0 bridgehead atoms. The van der Waals surface area contributed by atoms with Crippen molar-refractivity contribution in [3.8, 4) is 5.75 Å². The molecular formula is C21H36NO2+. The van der Waals surface area contributed by atoms with E-state index in [1.807, 2.05) is 0 Å². The van der Waals surface area contributed by atoms with Crippen molar-refractivity contribution in [2.24, 2.45) is 5.92 Å². The number of rotatable bonds is 7. The molecule has 1 heterocycles. The molecule has 1 aliphatic heterocycles. The lowest BCUT2D eigenvalue weighted by Gasteiger charge is -2.27. The van der Waals surface area contributed by atoms with E-state index in [1.165, 1.54) is 37.1 Å². The van der Waals surface area contributed by atoms with E-state index in [4.69, 9.17) is 9.47 Å². The maximum absolute atomic E-state index is 5.88. The van der Waals surface area contributed by atoms with Gasteiger partial charge in [-0.1, -0.05) is 39.8 Å². The minimum absolute atomic E-state index is 0.182. The van der Waals surface area contributed by atoms with Gasteiger partial charge in [-0.25, -0.2) is 0 Å². The van der Waals surface area contributed by atoms with E-state index in [0.29, 0.717) is 13.2 Å². The van der Waals surface area contributed by atoms with Gasteiger partial charge in [-0.2, -0.15) is 0 Å². The van der Waals surface area contributed by atoms with E-state index in [9.17, 15) is 0 Å². The van der Waals surface area contributed by atoms with Gasteiger partial charge in [-0.15, -0.1) is 0 Å². The van der Waals surface area contributed by atoms with Crippen LogP contribution in [0, 0.1) is 12.8 Å². The molecule has 0 amide bonds. The van der Waals surface area contributed by atoms with Crippen LogP contribution in [0.25, 0.3) is 0 Å². The van der Waals surface area contributed by atoms with Gasteiger partial charge in [0.2, 0.25) is 0 Å². The number of ether oxygens (including phenoxy) is 2. The summed E-state index contributed by atoms with van der Waals surface area (Å²) in [5, 5.41) is 0. The van der Waals surface area contributed by atoms with Gasteiger partial charge in [0.1, 0.15) is 18.9 Å². The van der Waals surface area contributed by atoms with Crippen molar-refractivity contribution in [2.75, 3.05) is 39.5 Å². The number of hydrogen-bond donors (Lipinski definition) is 1. The van der Waals surface area contributed by atoms with Gasteiger partial charge in [0.05, 0.1) is 26.3 Å². The van der Waals surface area contributed by atoms with Gasteiger partial charge in [-0.3, -0.25) is 0 Å². The van der Waals surface area contributed by atoms with E-state index in [1.54, 1.807) is 4.90 Å². The molecule has 1 aliphatic rings. The first-order chi connectivity index (χ1) is 11.4. The molecule has 0 saturated carbocycles. The van der Waals surface area contributed by atoms with Crippen LogP contribution < -0.4 is 9.64 Å². The Balaban J connectivity index is 1.62. The van der Waals surface area contributed by atoms with Crippen molar-refractivity contribution in [2.45, 2.75) is 52.9 Å². The van der Waals surface area contributed by atoms with Crippen molar-refractivity contribution < 1.29 is 14.4 Å². The van der Waals surface area contributed by atoms with Gasteiger partial charge >= 0.3 is 0 Å². The van der Waals surface area contributed by atoms with Crippen LogP contribution in [0.3, 0.4) is 0 Å². The maximum Gasteiger partial charge on any atom is 0.122 e. The average Bonchev–Trinajstić information content (AvgIpc) is 2.52. The highest BCUT2D eigenvalue weighted by molar-refractivity contribution is 5.38. The number of aryl methyl sites for hydroxylation is 1. The van der Waals surface area contributed by atoms with Gasteiger partial charge in [0, 0.05) is 0 Å². The monoisotopic (exact) mass is 334 g/mol. The van der Waals surface area contributed by atoms with Crippen LogP contribution in [-0.4, -0.2) is 39.5 Å². The quantitative estimate of drug-likeness (QED) is 0.775. The second-order valence-corrected chi connectivity index (χ2v) is 8.37. The standard InChI is InChI=1S/C21H35NO2/c1-17-8-10-22(11-9-17)12-13-23-14-15-24-20-7-6-19(16-18(20)2)21(3,4)5/h6-7,16-17H,8-15H2,1-5H3/p+1. The fourth-order valence-electron chi connectivity index (χ4n) is 3.23. The Hall–Kier alpha value is -1.06. The minimum atomic E-state index is 0.182. The molecule has 3 heteroatoms. The molecule has 1 aromatic carbocycles. The van der Waals surface area contributed by atoms with Gasteiger partial charge < -0.3 is 14.4 Å². The summed E-state index contributed by atoms with van der Waals surface area (Å²) in [5.74, 6) is 1.89. The van der Waals surface area contributed by atoms with Crippen LogP contribution >= 0.6 is 0 Å². The van der Waals surface area contributed by atoms with Crippen LogP contribution in [0.4, 0.5) is 0 Å². The molecule has 0 radical (unpaired) electrons. The summed E-state index contributed by atoms with van der Waals surface area (Å²) in [5.41, 5.74) is 2.73. The molecule has 0 spiro atoms. The minimum Gasteiger partial charge on any atom is -0.491 e. The summed E-state index contributed by atoms with van der Waals surface area (Å²) in [6, 6.07) is 6.50. The van der Waals surface area contributed by atoms with Crippen molar-refractivity contribution in [1.82, 2.24) is 0 Å². The van der Waals surface area contributed by atoms with Crippen LogP contribution in [0.5, 0.6) is 5.75 Å². The van der Waals surface area contributed by atoms with Crippen molar-refractivity contribution in [1.29, 1.82) is 0 Å². The fourth-order valence-corrected chi connectivity index (χ4v) is 3.23. The highest BCUT2D eigenvalue weighted by atomic mass is 16.5. The second-order valence-electron chi connectivity index (χ2n) is 8.37.